The van der Waals surface area contributed by atoms with Gasteiger partial charge in [0.15, 0.2) is 0 Å². The lowest BCUT2D eigenvalue weighted by atomic mass is 10.1. The van der Waals surface area contributed by atoms with Gasteiger partial charge in [0.1, 0.15) is 5.03 Å². The fourth-order valence-electron chi connectivity index (χ4n) is 1.69. The second-order valence-electron chi connectivity index (χ2n) is 4.53. The van der Waals surface area contributed by atoms with Gasteiger partial charge in [0.05, 0.1) is 0 Å². The number of nitrogens with zero attached hydrogens (tertiary/aromatic N) is 3. The Bertz CT molecular complexity index is 555. The van der Waals surface area contributed by atoms with Crippen LogP contribution < -0.4 is 5.73 Å². The van der Waals surface area contributed by atoms with Crippen LogP contribution in [0.25, 0.3) is 0 Å². The lowest BCUT2D eigenvalue weighted by Crippen LogP contribution is -2.21. The van der Waals surface area contributed by atoms with Crippen molar-refractivity contribution in [3.05, 3.63) is 29.3 Å². The van der Waals surface area contributed by atoms with Crippen LogP contribution in [0.3, 0.4) is 0 Å². The van der Waals surface area contributed by atoms with E-state index in [1.807, 2.05) is 13.1 Å². The van der Waals surface area contributed by atoms with Crippen molar-refractivity contribution in [1.82, 2.24) is 15.2 Å². The fraction of sp³-hybridized carbons (Fsp3) is 0.462. The summed E-state index contributed by atoms with van der Waals surface area (Å²) in [7, 11) is 0. The minimum atomic E-state index is 0.193. The Morgan fingerprint density at radius 3 is 2.74 bits per heavy atom. The van der Waals surface area contributed by atoms with Gasteiger partial charge >= 0.3 is 0 Å². The summed E-state index contributed by atoms with van der Waals surface area (Å²) in [6.07, 6.45) is 3.69. The van der Waals surface area contributed by atoms with Crippen LogP contribution in [0.1, 0.15) is 30.4 Å². The van der Waals surface area contributed by atoms with Gasteiger partial charge in [-0.05, 0) is 42.7 Å². The zero-order valence-electron chi connectivity index (χ0n) is 11.4. The third-order valence-electron chi connectivity index (χ3n) is 2.80. The van der Waals surface area contributed by atoms with Crippen LogP contribution in [-0.2, 0) is 6.42 Å². The molecule has 0 fully saturated rings. The van der Waals surface area contributed by atoms with Gasteiger partial charge in [-0.15, -0.1) is 10.2 Å². The molecule has 2 heterocycles. The molecular weight excluding hydrogens is 260 g/mol. The van der Waals surface area contributed by atoms with E-state index in [1.54, 1.807) is 6.92 Å². The molecular formula is C13H18N4OS. The molecule has 0 radical (unpaired) electrons. The first-order chi connectivity index (χ1) is 9.08. The summed E-state index contributed by atoms with van der Waals surface area (Å²) in [5, 5.41) is 9.16. The lowest BCUT2D eigenvalue weighted by molar-refractivity contribution is 0.429. The van der Waals surface area contributed by atoms with Gasteiger partial charge in [0.25, 0.3) is 5.22 Å². The highest BCUT2D eigenvalue weighted by Gasteiger charge is 2.10. The molecule has 19 heavy (non-hydrogen) atoms. The van der Waals surface area contributed by atoms with E-state index < -0.39 is 0 Å². The van der Waals surface area contributed by atoms with Gasteiger partial charge in [-0.1, -0.05) is 13.0 Å². The zero-order chi connectivity index (χ0) is 13.8. The third-order valence-corrected chi connectivity index (χ3v) is 3.76. The number of hydrogen-bond acceptors (Lipinski definition) is 6. The molecule has 2 rings (SSSR count). The summed E-state index contributed by atoms with van der Waals surface area (Å²) in [6, 6.07) is 2.31. The number of aromatic nitrogens is 3. The Kier molecular flexibility index (Phi) is 4.55. The molecule has 2 N–H and O–H groups in total. The first-order valence-electron chi connectivity index (χ1n) is 6.27. The SMILES string of the molecule is CCC(N)Cc1cnc(Sc2nnc(C)o2)c(C)c1. The Morgan fingerprint density at radius 2 is 2.16 bits per heavy atom. The molecule has 2 aromatic heterocycles. The third kappa shape index (κ3) is 3.78. The second-order valence-corrected chi connectivity index (χ2v) is 5.47. The van der Waals surface area contributed by atoms with Crippen LogP contribution in [0.5, 0.6) is 0 Å². The fourth-order valence-corrected chi connectivity index (χ4v) is 2.42. The van der Waals surface area contributed by atoms with Crippen molar-refractivity contribution in [2.45, 2.75) is 49.9 Å². The minimum Gasteiger partial charge on any atom is -0.416 e. The van der Waals surface area contributed by atoms with Gasteiger partial charge in [0.2, 0.25) is 5.89 Å². The van der Waals surface area contributed by atoms with Gasteiger partial charge in [-0.25, -0.2) is 4.98 Å². The minimum absolute atomic E-state index is 0.193. The Morgan fingerprint density at radius 1 is 1.37 bits per heavy atom. The zero-order valence-corrected chi connectivity index (χ0v) is 12.2. The number of pyridine rings is 1. The maximum atomic E-state index is 5.95. The molecule has 0 spiro atoms. The molecule has 1 unspecified atom stereocenters. The van der Waals surface area contributed by atoms with E-state index in [0.29, 0.717) is 11.1 Å². The van der Waals surface area contributed by atoms with E-state index in [-0.39, 0.29) is 6.04 Å². The standard InChI is InChI=1S/C13H18N4OS/c1-4-11(14)6-10-5-8(2)12(15-7-10)19-13-17-16-9(3)18-13/h5,7,11H,4,6,14H2,1-3H3. The van der Waals surface area contributed by atoms with Crippen LogP contribution >= 0.6 is 11.8 Å². The summed E-state index contributed by atoms with van der Waals surface area (Å²) in [4.78, 5) is 4.45. The topological polar surface area (TPSA) is 77.8 Å². The molecule has 0 aliphatic carbocycles. The Labute approximate surface area is 117 Å². The lowest BCUT2D eigenvalue weighted by Gasteiger charge is -2.10. The van der Waals surface area contributed by atoms with Crippen molar-refractivity contribution in [3.8, 4) is 0 Å². The highest BCUT2D eigenvalue weighted by atomic mass is 32.2. The normalized spacial score (nSPS) is 12.6. The average Bonchev–Trinajstić information content (AvgIpc) is 2.78. The van der Waals surface area contributed by atoms with Crippen LogP contribution in [0, 0.1) is 13.8 Å². The number of hydrogen-bond donors (Lipinski definition) is 1. The van der Waals surface area contributed by atoms with Gasteiger partial charge in [-0.3, -0.25) is 0 Å². The van der Waals surface area contributed by atoms with Crippen molar-refractivity contribution in [3.63, 3.8) is 0 Å². The summed E-state index contributed by atoms with van der Waals surface area (Å²) >= 11 is 1.39. The molecule has 0 saturated carbocycles. The van der Waals surface area contributed by atoms with E-state index in [0.717, 1.165) is 29.0 Å². The van der Waals surface area contributed by atoms with Crippen LogP contribution in [0.2, 0.25) is 0 Å². The van der Waals surface area contributed by atoms with Crippen molar-refractivity contribution in [1.29, 1.82) is 0 Å². The molecule has 1 atom stereocenters. The van der Waals surface area contributed by atoms with Gasteiger partial charge in [0, 0.05) is 19.2 Å². The van der Waals surface area contributed by atoms with E-state index in [9.17, 15) is 0 Å². The van der Waals surface area contributed by atoms with E-state index in [1.165, 1.54) is 11.8 Å². The molecule has 0 saturated heterocycles. The molecule has 0 aromatic carbocycles. The molecule has 0 amide bonds. The van der Waals surface area contributed by atoms with Crippen LogP contribution in [-0.4, -0.2) is 21.2 Å². The molecule has 102 valence electrons. The average molecular weight is 278 g/mol. The molecule has 0 aliphatic heterocycles. The maximum Gasteiger partial charge on any atom is 0.282 e. The molecule has 0 bridgehead atoms. The number of aryl methyl sites for hydroxylation is 2. The van der Waals surface area contributed by atoms with Crippen molar-refractivity contribution >= 4 is 11.8 Å². The monoisotopic (exact) mass is 278 g/mol. The summed E-state index contributed by atoms with van der Waals surface area (Å²) in [5.74, 6) is 0.561. The maximum absolute atomic E-state index is 5.95. The number of nitrogens with two attached hydrogens (primary N) is 1. The molecule has 6 heteroatoms. The largest absolute Gasteiger partial charge is 0.416 e. The van der Waals surface area contributed by atoms with Gasteiger partial charge < -0.3 is 10.2 Å². The highest BCUT2D eigenvalue weighted by molar-refractivity contribution is 7.99. The first-order valence-corrected chi connectivity index (χ1v) is 7.09. The molecule has 0 aliphatic rings. The van der Waals surface area contributed by atoms with Crippen molar-refractivity contribution in [2.75, 3.05) is 0 Å². The Hall–Kier alpha value is -1.40. The second kappa shape index (κ2) is 6.16. The predicted octanol–water partition coefficient (Wildman–Crippen LogP) is 2.51. The van der Waals surface area contributed by atoms with E-state index >= 15 is 0 Å². The quantitative estimate of drug-likeness (QED) is 0.905. The predicted molar refractivity (Wildman–Crippen MR) is 74.1 cm³/mol. The summed E-state index contributed by atoms with van der Waals surface area (Å²) in [6.45, 7) is 5.89. The van der Waals surface area contributed by atoms with Crippen molar-refractivity contribution < 1.29 is 4.42 Å². The Balaban J connectivity index is 2.10. The number of rotatable bonds is 5. The smallest absolute Gasteiger partial charge is 0.282 e. The highest BCUT2D eigenvalue weighted by Crippen LogP contribution is 2.27. The summed E-state index contributed by atoms with van der Waals surface area (Å²) < 4.78 is 5.34. The van der Waals surface area contributed by atoms with E-state index in [2.05, 4.69) is 28.2 Å². The molecule has 2 aromatic rings. The summed E-state index contributed by atoms with van der Waals surface area (Å²) in [5.41, 5.74) is 8.22. The van der Waals surface area contributed by atoms with Crippen molar-refractivity contribution in [2.24, 2.45) is 5.73 Å². The van der Waals surface area contributed by atoms with Crippen LogP contribution in [0.4, 0.5) is 0 Å². The van der Waals surface area contributed by atoms with Gasteiger partial charge in [-0.2, -0.15) is 0 Å². The van der Waals surface area contributed by atoms with Crippen LogP contribution in [0.15, 0.2) is 26.9 Å². The van der Waals surface area contributed by atoms with E-state index in [4.69, 9.17) is 10.2 Å². The molecule has 5 nitrogen and oxygen atoms in total. The first kappa shape index (κ1) is 14.0.